The summed E-state index contributed by atoms with van der Waals surface area (Å²) in [4.78, 5) is 12.1. The highest BCUT2D eigenvalue weighted by Crippen LogP contribution is 2.22. The zero-order chi connectivity index (χ0) is 20.1. The topological polar surface area (TPSA) is 26.3 Å². The molecule has 0 aromatic heterocycles. The smallest absolute Gasteiger partial charge is 0.313 e. The Balaban J connectivity index is 4.91. The largest absolute Gasteiger partial charge is 0.431 e. The standard InChI is InChI=1S/C24H40O2/c1-9-20(6)13-11-14-21(7)16-17-23(26-24(25)19(4)5)22(8)15-10-12-18(2)3/h9,12,14,19H,10-11,13,15-17H2,1-8H3/b20-9+,21-14+,23-22+. The molecule has 0 radical (unpaired) electrons. The van der Waals surface area contributed by atoms with E-state index in [1.807, 2.05) is 13.8 Å². The minimum absolute atomic E-state index is 0.101. The van der Waals surface area contributed by atoms with E-state index in [1.54, 1.807) is 0 Å². The van der Waals surface area contributed by atoms with Gasteiger partial charge in [0, 0.05) is 6.42 Å². The van der Waals surface area contributed by atoms with E-state index in [4.69, 9.17) is 4.74 Å². The maximum absolute atomic E-state index is 12.1. The molecule has 0 bridgehead atoms. The highest BCUT2D eigenvalue weighted by Gasteiger charge is 2.14. The lowest BCUT2D eigenvalue weighted by atomic mass is 10.0. The Morgan fingerprint density at radius 1 is 0.846 bits per heavy atom. The van der Waals surface area contributed by atoms with Crippen LogP contribution in [-0.4, -0.2) is 5.97 Å². The summed E-state index contributed by atoms with van der Waals surface area (Å²) in [5.74, 6) is 0.631. The second-order valence-corrected chi connectivity index (χ2v) is 7.82. The van der Waals surface area contributed by atoms with Crippen molar-refractivity contribution in [3.63, 3.8) is 0 Å². The van der Waals surface area contributed by atoms with Crippen LogP contribution in [0.5, 0.6) is 0 Å². The Labute approximate surface area is 162 Å². The van der Waals surface area contributed by atoms with Crippen molar-refractivity contribution in [1.82, 2.24) is 0 Å². The Morgan fingerprint density at radius 3 is 2.00 bits per heavy atom. The summed E-state index contributed by atoms with van der Waals surface area (Å²) in [7, 11) is 0. The molecule has 0 aromatic carbocycles. The molecule has 0 heterocycles. The molecule has 0 aliphatic carbocycles. The van der Waals surface area contributed by atoms with Gasteiger partial charge < -0.3 is 4.74 Å². The molecule has 0 N–H and O–H groups in total. The van der Waals surface area contributed by atoms with Gasteiger partial charge >= 0.3 is 5.97 Å². The van der Waals surface area contributed by atoms with Crippen LogP contribution >= 0.6 is 0 Å². The second-order valence-electron chi connectivity index (χ2n) is 7.82. The summed E-state index contributed by atoms with van der Waals surface area (Å²) in [6.07, 6.45) is 12.6. The fourth-order valence-electron chi connectivity index (χ4n) is 2.41. The van der Waals surface area contributed by atoms with Gasteiger partial charge in [-0.1, -0.05) is 48.8 Å². The van der Waals surface area contributed by atoms with Crippen LogP contribution in [0.1, 0.15) is 93.9 Å². The third-order valence-corrected chi connectivity index (χ3v) is 4.51. The quantitative estimate of drug-likeness (QED) is 0.214. The summed E-state index contributed by atoms with van der Waals surface area (Å²) >= 11 is 0. The SMILES string of the molecule is C/C=C(\C)CC/C=C(\C)CC/C(OC(=O)C(C)C)=C(/C)CCC=C(C)C. The van der Waals surface area contributed by atoms with Crippen molar-refractivity contribution in [2.75, 3.05) is 0 Å². The Hall–Kier alpha value is -1.57. The third-order valence-electron chi connectivity index (χ3n) is 4.51. The molecule has 0 aliphatic rings. The summed E-state index contributed by atoms with van der Waals surface area (Å²) in [5, 5.41) is 0. The first-order chi connectivity index (χ1) is 12.2. The Morgan fingerprint density at radius 2 is 1.46 bits per heavy atom. The van der Waals surface area contributed by atoms with Crippen LogP contribution in [-0.2, 0) is 9.53 Å². The average molecular weight is 361 g/mol. The molecule has 0 spiro atoms. The molecule has 0 aliphatic heterocycles. The van der Waals surface area contributed by atoms with Gasteiger partial charge in [-0.15, -0.1) is 0 Å². The number of esters is 1. The first-order valence-electron chi connectivity index (χ1n) is 9.98. The van der Waals surface area contributed by atoms with Gasteiger partial charge in [0.25, 0.3) is 0 Å². The van der Waals surface area contributed by atoms with E-state index in [0.717, 1.165) is 44.3 Å². The van der Waals surface area contributed by atoms with Gasteiger partial charge in [0.1, 0.15) is 5.76 Å². The van der Waals surface area contributed by atoms with E-state index in [2.05, 4.69) is 59.8 Å². The summed E-state index contributed by atoms with van der Waals surface area (Å²) < 4.78 is 5.73. The lowest BCUT2D eigenvalue weighted by molar-refractivity contribution is -0.143. The Bertz CT molecular complexity index is 553. The number of allylic oxidation sites excluding steroid dienone is 8. The number of ether oxygens (including phenoxy) is 1. The molecule has 148 valence electrons. The lowest BCUT2D eigenvalue weighted by Gasteiger charge is -2.14. The zero-order valence-electron chi connectivity index (χ0n) is 18.4. The highest BCUT2D eigenvalue weighted by molar-refractivity contribution is 5.72. The first kappa shape index (κ1) is 24.4. The van der Waals surface area contributed by atoms with E-state index >= 15 is 0 Å². The normalized spacial score (nSPS) is 13.6. The molecule has 0 saturated carbocycles. The molecule has 2 heteroatoms. The summed E-state index contributed by atoms with van der Waals surface area (Å²) in [6, 6.07) is 0. The number of carbonyl (C=O) groups is 1. The molecule has 0 saturated heterocycles. The van der Waals surface area contributed by atoms with Crippen molar-refractivity contribution in [1.29, 1.82) is 0 Å². The number of hydrogen-bond acceptors (Lipinski definition) is 2. The molecular formula is C24H40O2. The molecule has 0 unspecified atom stereocenters. The maximum atomic E-state index is 12.1. The number of carbonyl (C=O) groups excluding carboxylic acids is 1. The lowest BCUT2D eigenvalue weighted by Crippen LogP contribution is -2.12. The van der Waals surface area contributed by atoms with Gasteiger partial charge in [0.15, 0.2) is 0 Å². The van der Waals surface area contributed by atoms with Crippen LogP contribution in [0.15, 0.2) is 46.3 Å². The molecule has 0 rings (SSSR count). The predicted octanol–water partition coefficient (Wildman–Crippen LogP) is 7.68. The molecule has 0 fully saturated rings. The van der Waals surface area contributed by atoms with Crippen molar-refractivity contribution in [2.45, 2.75) is 93.9 Å². The molecule has 0 atom stereocenters. The molecular weight excluding hydrogens is 320 g/mol. The van der Waals surface area contributed by atoms with Crippen LogP contribution < -0.4 is 0 Å². The van der Waals surface area contributed by atoms with Gasteiger partial charge in [-0.25, -0.2) is 0 Å². The van der Waals surface area contributed by atoms with Crippen LogP contribution in [0.25, 0.3) is 0 Å². The van der Waals surface area contributed by atoms with E-state index in [1.165, 1.54) is 22.3 Å². The van der Waals surface area contributed by atoms with Crippen molar-refractivity contribution < 1.29 is 9.53 Å². The zero-order valence-corrected chi connectivity index (χ0v) is 18.4. The van der Waals surface area contributed by atoms with Crippen LogP contribution in [0, 0.1) is 5.92 Å². The van der Waals surface area contributed by atoms with E-state index in [0.29, 0.717) is 0 Å². The minimum Gasteiger partial charge on any atom is -0.431 e. The third kappa shape index (κ3) is 11.9. The van der Waals surface area contributed by atoms with E-state index < -0.39 is 0 Å². The molecule has 0 aromatic rings. The van der Waals surface area contributed by atoms with Gasteiger partial charge in [-0.2, -0.15) is 0 Å². The monoisotopic (exact) mass is 360 g/mol. The fraction of sp³-hybridized carbons (Fsp3) is 0.625. The first-order valence-corrected chi connectivity index (χ1v) is 9.98. The minimum atomic E-state index is -0.132. The van der Waals surface area contributed by atoms with E-state index in [-0.39, 0.29) is 11.9 Å². The predicted molar refractivity (Wildman–Crippen MR) is 114 cm³/mol. The van der Waals surface area contributed by atoms with Crippen LogP contribution in [0.3, 0.4) is 0 Å². The fourth-order valence-corrected chi connectivity index (χ4v) is 2.41. The van der Waals surface area contributed by atoms with Gasteiger partial charge in [0.2, 0.25) is 0 Å². The summed E-state index contributed by atoms with van der Waals surface area (Å²) in [5.41, 5.74) is 5.31. The molecule has 2 nitrogen and oxygen atoms in total. The van der Waals surface area contributed by atoms with Crippen molar-refractivity contribution in [2.24, 2.45) is 5.92 Å². The highest BCUT2D eigenvalue weighted by atomic mass is 16.5. The van der Waals surface area contributed by atoms with Crippen molar-refractivity contribution in [3.8, 4) is 0 Å². The summed E-state index contributed by atoms with van der Waals surface area (Å²) in [6.45, 7) is 16.5. The van der Waals surface area contributed by atoms with Crippen LogP contribution in [0.2, 0.25) is 0 Å². The van der Waals surface area contributed by atoms with Crippen LogP contribution in [0.4, 0.5) is 0 Å². The molecule has 26 heavy (non-hydrogen) atoms. The van der Waals surface area contributed by atoms with Gasteiger partial charge in [0.05, 0.1) is 5.92 Å². The van der Waals surface area contributed by atoms with Gasteiger partial charge in [-0.05, 0) is 79.2 Å². The number of hydrogen-bond donors (Lipinski definition) is 0. The van der Waals surface area contributed by atoms with E-state index in [9.17, 15) is 4.79 Å². The van der Waals surface area contributed by atoms with Gasteiger partial charge in [-0.3, -0.25) is 4.79 Å². The second kappa shape index (κ2) is 13.6. The maximum Gasteiger partial charge on any atom is 0.313 e. The average Bonchev–Trinajstić information content (AvgIpc) is 2.57. The Kier molecular flexibility index (Phi) is 12.8. The van der Waals surface area contributed by atoms with Crippen molar-refractivity contribution >= 4 is 5.97 Å². The molecule has 0 amide bonds. The van der Waals surface area contributed by atoms with Crippen molar-refractivity contribution in [3.05, 3.63) is 46.3 Å². The number of rotatable bonds is 11.